The maximum atomic E-state index is 9.07. The highest BCUT2D eigenvalue weighted by Crippen LogP contribution is 2.35. The topological polar surface area (TPSA) is 39.5 Å². The first-order valence-corrected chi connectivity index (χ1v) is 9.10. The number of hydrogen-bond donors (Lipinski definition) is 0. The number of likely N-dealkylation sites (tertiary alicyclic amines) is 1. The molecule has 4 nitrogen and oxygen atoms in total. The van der Waals surface area contributed by atoms with E-state index in [1.54, 1.807) is 0 Å². The number of nitrogens with zero attached hydrogens (tertiary/aromatic N) is 3. The van der Waals surface area contributed by atoms with Crippen LogP contribution in [0.2, 0.25) is 0 Å². The lowest BCUT2D eigenvalue weighted by Gasteiger charge is -2.37. The van der Waals surface area contributed by atoms with Crippen LogP contribution in [0.1, 0.15) is 31.4 Å². The number of hydrogen-bond acceptors (Lipinski definition) is 4. The van der Waals surface area contributed by atoms with E-state index in [0.29, 0.717) is 18.1 Å². The second-order valence-electron chi connectivity index (χ2n) is 7.67. The monoisotopic (exact) mass is 327 g/mol. The maximum Gasteiger partial charge on any atom is 0.0991 e. The van der Waals surface area contributed by atoms with Crippen molar-refractivity contribution in [3.63, 3.8) is 0 Å². The summed E-state index contributed by atoms with van der Waals surface area (Å²) in [6.45, 7) is 9.61. The second kappa shape index (κ2) is 7.65. The van der Waals surface area contributed by atoms with E-state index >= 15 is 0 Å². The van der Waals surface area contributed by atoms with Gasteiger partial charge in [-0.1, -0.05) is 12.1 Å². The molecule has 1 aromatic rings. The molecule has 0 saturated carbocycles. The van der Waals surface area contributed by atoms with Crippen LogP contribution in [0.25, 0.3) is 0 Å². The van der Waals surface area contributed by atoms with E-state index in [9.17, 15) is 0 Å². The van der Waals surface area contributed by atoms with Gasteiger partial charge in [0.15, 0.2) is 0 Å². The fourth-order valence-electron chi connectivity index (χ4n) is 3.92. The van der Waals surface area contributed by atoms with E-state index in [2.05, 4.69) is 42.8 Å². The fraction of sp³-hybridized carbons (Fsp3) is 0.650. The van der Waals surface area contributed by atoms with Crippen molar-refractivity contribution in [2.24, 2.45) is 11.8 Å². The molecule has 0 amide bonds. The summed E-state index contributed by atoms with van der Waals surface area (Å²) in [4.78, 5) is 4.93. The molecule has 0 aliphatic carbocycles. The number of nitriles is 1. The summed E-state index contributed by atoms with van der Waals surface area (Å²) >= 11 is 0. The van der Waals surface area contributed by atoms with Gasteiger partial charge in [0, 0.05) is 31.6 Å². The maximum absolute atomic E-state index is 9.07. The predicted molar refractivity (Wildman–Crippen MR) is 95.5 cm³/mol. The molecule has 0 N–H and O–H groups in total. The summed E-state index contributed by atoms with van der Waals surface area (Å²) in [5, 5.41) is 9.07. The largest absolute Gasteiger partial charge is 0.376 e. The van der Waals surface area contributed by atoms with Crippen molar-refractivity contribution in [2.45, 2.75) is 39.0 Å². The van der Waals surface area contributed by atoms with E-state index in [-0.39, 0.29) is 0 Å². The van der Waals surface area contributed by atoms with Crippen LogP contribution in [0.15, 0.2) is 24.3 Å². The smallest absolute Gasteiger partial charge is 0.0991 e. The molecule has 1 aromatic carbocycles. The van der Waals surface area contributed by atoms with Crippen LogP contribution in [0.4, 0.5) is 0 Å². The SMILES string of the molecule is CC(C)N(C)C[C@@H]1OC[C@H]2CCN(Cc3cccc(C#N)c3)C[C@H]21. The third kappa shape index (κ3) is 3.97. The van der Waals surface area contributed by atoms with E-state index in [4.69, 9.17) is 10.00 Å². The number of fused-ring (bicyclic) bond motifs is 1. The Hall–Kier alpha value is -1.41. The first kappa shape index (κ1) is 17.4. The quantitative estimate of drug-likeness (QED) is 0.834. The minimum Gasteiger partial charge on any atom is -0.376 e. The van der Waals surface area contributed by atoms with Crippen LogP contribution in [0.5, 0.6) is 0 Å². The van der Waals surface area contributed by atoms with Gasteiger partial charge in [0.2, 0.25) is 0 Å². The van der Waals surface area contributed by atoms with Crippen molar-refractivity contribution in [1.29, 1.82) is 5.26 Å². The van der Waals surface area contributed by atoms with Crippen molar-refractivity contribution in [2.75, 3.05) is 33.3 Å². The van der Waals surface area contributed by atoms with Crippen molar-refractivity contribution in [3.8, 4) is 6.07 Å². The first-order valence-electron chi connectivity index (χ1n) is 9.10. The molecule has 0 aromatic heterocycles. The number of likely N-dealkylation sites (N-methyl/N-ethyl adjacent to an activating group) is 1. The lowest BCUT2D eigenvalue weighted by molar-refractivity contribution is 0.0422. The van der Waals surface area contributed by atoms with Crippen LogP contribution in [-0.2, 0) is 11.3 Å². The Bertz CT molecular complexity index is 595. The summed E-state index contributed by atoms with van der Waals surface area (Å²) in [6.07, 6.45) is 1.58. The molecule has 2 aliphatic heterocycles. The van der Waals surface area contributed by atoms with Crippen LogP contribution >= 0.6 is 0 Å². The molecule has 2 fully saturated rings. The molecule has 0 unspecified atom stereocenters. The summed E-state index contributed by atoms with van der Waals surface area (Å²) in [5.74, 6) is 1.36. The van der Waals surface area contributed by atoms with Gasteiger partial charge in [0.05, 0.1) is 24.3 Å². The number of piperidine rings is 1. The van der Waals surface area contributed by atoms with Crippen LogP contribution in [0, 0.1) is 23.2 Å². The molecule has 2 heterocycles. The average Bonchev–Trinajstić information content (AvgIpc) is 2.97. The van der Waals surface area contributed by atoms with E-state index in [0.717, 1.165) is 44.3 Å². The summed E-state index contributed by atoms with van der Waals surface area (Å²) in [5.41, 5.74) is 1.99. The average molecular weight is 327 g/mol. The van der Waals surface area contributed by atoms with Gasteiger partial charge in [-0.2, -0.15) is 5.26 Å². The number of ether oxygens (including phenoxy) is 1. The lowest BCUT2D eigenvalue weighted by atomic mass is 9.84. The van der Waals surface area contributed by atoms with Gasteiger partial charge in [-0.3, -0.25) is 4.90 Å². The number of benzene rings is 1. The molecule has 0 radical (unpaired) electrons. The summed E-state index contributed by atoms with van der Waals surface area (Å²) in [7, 11) is 2.19. The third-order valence-corrected chi connectivity index (χ3v) is 5.70. The highest BCUT2D eigenvalue weighted by molar-refractivity contribution is 5.32. The van der Waals surface area contributed by atoms with Crippen molar-refractivity contribution in [3.05, 3.63) is 35.4 Å². The third-order valence-electron chi connectivity index (χ3n) is 5.70. The van der Waals surface area contributed by atoms with Crippen LogP contribution < -0.4 is 0 Å². The zero-order valence-corrected chi connectivity index (χ0v) is 15.1. The lowest BCUT2D eigenvalue weighted by Crippen LogP contribution is -2.45. The Balaban J connectivity index is 1.61. The molecule has 130 valence electrons. The molecule has 0 spiro atoms. The Kier molecular flexibility index (Phi) is 5.55. The first-order chi connectivity index (χ1) is 11.6. The zero-order valence-electron chi connectivity index (χ0n) is 15.1. The Morgan fingerprint density at radius 3 is 3.00 bits per heavy atom. The fourth-order valence-corrected chi connectivity index (χ4v) is 3.92. The van der Waals surface area contributed by atoms with Gasteiger partial charge < -0.3 is 9.64 Å². The highest BCUT2D eigenvalue weighted by Gasteiger charge is 2.41. The van der Waals surface area contributed by atoms with Gasteiger partial charge in [-0.15, -0.1) is 0 Å². The molecule has 2 saturated heterocycles. The van der Waals surface area contributed by atoms with Gasteiger partial charge >= 0.3 is 0 Å². The molecule has 2 aliphatic rings. The van der Waals surface area contributed by atoms with Gasteiger partial charge in [0.25, 0.3) is 0 Å². The highest BCUT2D eigenvalue weighted by atomic mass is 16.5. The van der Waals surface area contributed by atoms with Gasteiger partial charge in [-0.25, -0.2) is 0 Å². The van der Waals surface area contributed by atoms with E-state index in [1.807, 2.05) is 18.2 Å². The normalized spacial score (nSPS) is 27.4. The molecule has 24 heavy (non-hydrogen) atoms. The zero-order chi connectivity index (χ0) is 17.1. The Morgan fingerprint density at radius 2 is 2.25 bits per heavy atom. The molecule has 4 heteroatoms. The Labute approximate surface area is 146 Å². The number of rotatable bonds is 5. The van der Waals surface area contributed by atoms with Crippen LogP contribution in [0.3, 0.4) is 0 Å². The minimum atomic E-state index is 0.357. The predicted octanol–water partition coefficient (Wildman–Crippen LogP) is 2.74. The molecule has 0 bridgehead atoms. The van der Waals surface area contributed by atoms with Gasteiger partial charge in [0.1, 0.15) is 0 Å². The van der Waals surface area contributed by atoms with Gasteiger partial charge in [-0.05, 0) is 57.5 Å². The van der Waals surface area contributed by atoms with E-state index < -0.39 is 0 Å². The van der Waals surface area contributed by atoms with E-state index in [1.165, 1.54) is 12.0 Å². The molecular weight excluding hydrogens is 298 g/mol. The molecule has 3 atom stereocenters. The minimum absolute atomic E-state index is 0.357. The van der Waals surface area contributed by atoms with Crippen molar-refractivity contribution < 1.29 is 4.74 Å². The van der Waals surface area contributed by atoms with Crippen molar-refractivity contribution >= 4 is 0 Å². The standard InChI is InChI=1S/C20H29N3O/c1-15(2)22(3)13-20-19-12-23(8-7-18(19)14-24-20)11-17-6-4-5-16(9-17)10-21/h4-6,9,15,18-20H,7-8,11-14H2,1-3H3/t18-,19-,20+/m1/s1. The van der Waals surface area contributed by atoms with Crippen LogP contribution in [-0.4, -0.2) is 55.2 Å². The summed E-state index contributed by atoms with van der Waals surface area (Å²) < 4.78 is 6.14. The Morgan fingerprint density at radius 1 is 1.42 bits per heavy atom. The second-order valence-corrected chi connectivity index (χ2v) is 7.67. The van der Waals surface area contributed by atoms with Crippen molar-refractivity contribution in [1.82, 2.24) is 9.80 Å². The molecular formula is C20H29N3O. The summed E-state index contributed by atoms with van der Waals surface area (Å²) in [6, 6.07) is 10.8. The molecule has 3 rings (SSSR count).